The third kappa shape index (κ3) is 5.03. The van der Waals surface area contributed by atoms with Crippen LogP contribution in [0.5, 0.6) is 5.75 Å². The number of benzene rings is 1. The molecular formula is C19H18BrF2N5O2S. The van der Waals surface area contributed by atoms with Crippen LogP contribution in [0.25, 0.3) is 10.6 Å². The zero-order chi connectivity index (χ0) is 21.7. The lowest BCUT2D eigenvalue weighted by Gasteiger charge is -2.08. The van der Waals surface area contributed by atoms with Crippen LogP contribution in [0.15, 0.2) is 40.2 Å². The highest BCUT2D eigenvalue weighted by atomic mass is 79.9. The van der Waals surface area contributed by atoms with Crippen molar-refractivity contribution >= 4 is 38.9 Å². The molecule has 2 aromatic heterocycles. The van der Waals surface area contributed by atoms with Gasteiger partial charge in [-0.3, -0.25) is 0 Å². The van der Waals surface area contributed by atoms with Gasteiger partial charge in [-0.15, -0.1) is 11.3 Å². The van der Waals surface area contributed by atoms with Crippen LogP contribution in [0.1, 0.15) is 17.4 Å². The van der Waals surface area contributed by atoms with E-state index in [1.54, 1.807) is 12.1 Å². The lowest BCUT2D eigenvalue weighted by molar-refractivity contribution is 0.317. The Bertz CT molecular complexity index is 1050. The first-order valence-corrected chi connectivity index (χ1v) is 10.5. The molecule has 3 rings (SSSR count). The molecule has 0 saturated carbocycles. The lowest BCUT2D eigenvalue weighted by Crippen LogP contribution is -2.12. The largest absolute Gasteiger partial charge is 0.492 e. The Morgan fingerprint density at radius 2 is 2.00 bits per heavy atom. The van der Waals surface area contributed by atoms with Crippen molar-refractivity contribution in [3.05, 3.63) is 57.1 Å². The number of anilines is 1. The average molecular weight is 498 g/mol. The maximum atomic E-state index is 13.9. The highest BCUT2D eigenvalue weighted by molar-refractivity contribution is 9.10. The maximum Gasteiger partial charge on any atom is 0.184 e. The van der Waals surface area contributed by atoms with Gasteiger partial charge in [0.1, 0.15) is 34.4 Å². The van der Waals surface area contributed by atoms with E-state index in [1.807, 2.05) is 6.92 Å². The predicted molar refractivity (Wildman–Crippen MR) is 115 cm³/mol. The fraction of sp³-hybridized carbons (Fsp3) is 0.211. The van der Waals surface area contributed by atoms with E-state index in [0.29, 0.717) is 33.2 Å². The first kappa shape index (κ1) is 21.9. The van der Waals surface area contributed by atoms with Crippen LogP contribution < -0.4 is 15.8 Å². The second kappa shape index (κ2) is 9.81. The van der Waals surface area contributed by atoms with Gasteiger partial charge in [-0.2, -0.15) is 0 Å². The number of nitrogens with one attached hydrogen (secondary N) is 1. The van der Waals surface area contributed by atoms with E-state index in [9.17, 15) is 8.78 Å². The summed E-state index contributed by atoms with van der Waals surface area (Å²) >= 11 is 4.32. The zero-order valence-corrected chi connectivity index (χ0v) is 18.2. The fourth-order valence-electron chi connectivity index (χ4n) is 2.70. The van der Waals surface area contributed by atoms with E-state index in [-0.39, 0.29) is 24.4 Å². The van der Waals surface area contributed by atoms with Crippen molar-refractivity contribution in [1.82, 2.24) is 9.97 Å². The summed E-state index contributed by atoms with van der Waals surface area (Å²) in [6.07, 6.45) is 1.52. The van der Waals surface area contributed by atoms with Gasteiger partial charge in [0.05, 0.1) is 17.2 Å². The molecular weight excluding hydrogens is 480 g/mol. The van der Waals surface area contributed by atoms with Crippen molar-refractivity contribution in [1.29, 1.82) is 0 Å². The van der Waals surface area contributed by atoms with E-state index >= 15 is 0 Å². The van der Waals surface area contributed by atoms with Crippen LogP contribution in [-0.2, 0) is 6.42 Å². The Balaban J connectivity index is 1.75. The lowest BCUT2D eigenvalue weighted by atomic mass is 10.1. The normalized spacial score (nSPS) is 11.5. The van der Waals surface area contributed by atoms with Crippen LogP contribution in [0, 0.1) is 11.6 Å². The van der Waals surface area contributed by atoms with Gasteiger partial charge in [-0.05, 0) is 25.5 Å². The number of hydrogen-bond donors (Lipinski definition) is 3. The van der Waals surface area contributed by atoms with Crippen molar-refractivity contribution in [2.45, 2.75) is 13.3 Å². The molecule has 0 aliphatic heterocycles. The molecule has 1 aromatic carbocycles. The molecule has 3 aromatic rings. The molecule has 0 unspecified atom stereocenters. The summed E-state index contributed by atoms with van der Waals surface area (Å²) in [5.74, 6) is -0.285. The Morgan fingerprint density at radius 1 is 1.27 bits per heavy atom. The average Bonchev–Trinajstić information content (AvgIpc) is 3.14. The van der Waals surface area contributed by atoms with Crippen LogP contribution in [-0.4, -0.2) is 34.2 Å². The molecule has 11 heteroatoms. The van der Waals surface area contributed by atoms with Gasteiger partial charge < -0.3 is 21.0 Å². The number of nitrogens with two attached hydrogens (primary N) is 1. The molecule has 0 spiro atoms. The van der Waals surface area contributed by atoms with Gasteiger partial charge in [0, 0.05) is 28.7 Å². The number of amidine groups is 1. The second-order valence-electron chi connectivity index (χ2n) is 6.04. The standard InChI is InChI=1S/C19H18BrF2N5O2S/c1-2-29-15-8-16(30-18(15)19(23)27-28)14-7-17(26-9-25-14)24-4-3-11-12(21)5-10(20)6-13(11)22/h5-9,28H,2-4H2,1H3,(H2,23,27)(H,24,25,26). The van der Waals surface area contributed by atoms with Crippen LogP contribution >= 0.6 is 27.3 Å². The molecule has 0 aliphatic carbocycles. The molecule has 0 amide bonds. The number of rotatable bonds is 8. The minimum atomic E-state index is -0.607. The van der Waals surface area contributed by atoms with E-state index in [1.165, 1.54) is 29.8 Å². The second-order valence-corrected chi connectivity index (χ2v) is 8.00. The smallest absolute Gasteiger partial charge is 0.184 e. The number of ether oxygens (including phenoxy) is 1. The number of halogens is 3. The van der Waals surface area contributed by atoms with Gasteiger partial charge in [-0.1, -0.05) is 21.1 Å². The van der Waals surface area contributed by atoms with Crippen molar-refractivity contribution in [2.75, 3.05) is 18.5 Å². The predicted octanol–water partition coefficient (Wildman–Crippen LogP) is 4.39. The summed E-state index contributed by atoms with van der Waals surface area (Å²) in [7, 11) is 0. The van der Waals surface area contributed by atoms with Crippen LogP contribution in [0.3, 0.4) is 0 Å². The number of aromatic nitrogens is 2. The Kier molecular flexibility index (Phi) is 7.16. The minimum Gasteiger partial charge on any atom is -0.492 e. The summed E-state index contributed by atoms with van der Waals surface area (Å²) in [4.78, 5) is 9.61. The van der Waals surface area contributed by atoms with Gasteiger partial charge in [0.2, 0.25) is 0 Å². The van der Waals surface area contributed by atoms with E-state index < -0.39 is 11.6 Å². The Morgan fingerprint density at radius 3 is 2.67 bits per heavy atom. The monoisotopic (exact) mass is 497 g/mol. The minimum absolute atomic E-state index is 0.00278. The van der Waals surface area contributed by atoms with E-state index in [0.717, 1.165) is 4.88 Å². The molecule has 0 radical (unpaired) electrons. The molecule has 0 saturated heterocycles. The third-order valence-corrected chi connectivity index (χ3v) is 5.66. The zero-order valence-electron chi connectivity index (χ0n) is 15.8. The Labute approximate surface area is 183 Å². The summed E-state index contributed by atoms with van der Waals surface area (Å²) in [6, 6.07) is 5.91. The van der Waals surface area contributed by atoms with Crippen LogP contribution in [0.2, 0.25) is 0 Å². The van der Waals surface area contributed by atoms with Crippen LogP contribution in [0.4, 0.5) is 14.6 Å². The number of nitrogens with zero attached hydrogens (tertiary/aromatic N) is 3. The number of oxime groups is 1. The SMILES string of the molecule is CCOc1cc(-c2cc(NCCc3c(F)cc(Br)cc3F)ncn2)sc1C(N)=NO. The number of hydrogen-bond acceptors (Lipinski definition) is 7. The van der Waals surface area contributed by atoms with Crippen molar-refractivity contribution in [3.8, 4) is 16.3 Å². The van der Waals surface area contributed by atoms with Gasteiger partial charge in [-0.25, -0.2) is 18.7 Å². The van der Waals surface area contributed by atoms with E-state index in [2.05, 4.69) is 36.4 Å². The molecule has 158 valence electrons. The highest BCUT2D eigenvalue weighted by Crippen LogP contribution is 2.36. The topological polar surface area (TPSA) is 106 Å². The first-order valence-electron chi connectivity index (χ1n) is 8.87. The highest BCUT2D eigenvalue weighted by Gasteiger charge is 2.17. The van der Waals surface area contributed by atoms with E-state index in [4.69, 9.17) is 15.7 Å². The molecule has 4 N–H and O–H groups in total. The summed E-state index contributed by atoms with van der Waals surface area (Å²) in [5, 5.41) is 15.0. The Hall–Kier alpha value is -2.79. The molecule has 2 heterocycles. The molecule has 0 aliphatic rings. The first-order chi connectivity index (χ1) is 14.4. The van der Waals surface area contributed by atoms with Gasteiger partial charge in [0.15, 0.2) is 5.84 Å². The molecule has 30 heavy (non-hydrogen) atoms. The van der Waals surface area contributed by atoms with Crippen molar-refractivity contribution < 1.29 is 18.7 Å². The van der Waals surface area contributed by atoms with Crippen molar-refractivity contribution in [2.24, 2.45) is 10.9 Å². The van der Waals surface area contributed by atoms with Gasteiger partial charge in [0.25, 0.3) is 0 Å². The van der Waals surface area contributed by atoms with Gasteiger partial charge >= 0.3 is 0 Å². The molecule has 0 fully saturated rings. The van der Waals surface area contributed by atoms with Crippen molar-refractivity contribution in [3.63, 3.8) is 0 Å². The summed E-state index contributed by atoms with van der Waals surface area (Å²) < 4.78 is 33.8. The summed E-state index contributed by atoms with van der Waals surface area (Å²) in [5.41, 5.74) is 6.32. The fourth-order valence-corrected chi connectivity index (χ4v) is 4.07. The quantitative estimate of drug-likeness (QED) is 0.184. The summed E-state index contributed by atoms with van der Waals surface area (Å²) in [6.45, 7) is 2.52. The molecule has 0 bridgehead atoms. The molecule has 7 nitrogen and oxygen atoms in total. The maximum absolute atomic E-state index is 13.9. The molecule has 0 atom stereocenters. The third-order valence-electron chi connectivity index (χ3n) is 4.04. The number of thiophene rings is 1.